The third-order valence-corrected chi connectivity index (χ3v) is 5.03. The van der Waals surface area contributed by atoms with E-state index in [9.17, 15) is 9.59 Å². The number of hydrogen-bond acceptors (Lipinski definition) is 5. The smallest absolute Gasteiger partial charge is 0.234 e. The number of allylic oxidation sites excluding steroid dienone is 1. The van der Waals surface area contributed by atoms with E-state index in [4.69, 9.17) is 0 Å². The van der Waals surface area contributed by atoms with Gasteiger partial charge in [-0.15, -0.1) is 16.8 Å². The molecule has 7 nitrogen and oxygen atoms in total. The molecule has 0 spiro atoms. The van der Waals surface area contributed by atoms with E-state index in [0.29, 0.717) is 23.8 Å². The van der Waals surface area contributed by atoms with Crippen LogP contribution >= 0.6 is 11.8 Å². The predicted octanol–water partition coefficient (Wildman–Crippen LogP) is 2.63. The minimum atomic E-state index is -0.134. The highest BCUT2D eigenvalue weighted by Gasteiger charge is 2.21. The topological polar surface area (TPSA) is 80.1 Å². The number of aromatic nitrogens is 3. The zero-order valence-electron chi connectivity index (χ0n) is 14.6. The number of rotatable bonds is 7. The summed E-state index contributed by atoms with van der Waals surface area (Å²) in [7, 11) is 0. The summed E-state index contributed by atoms with van der Waals surface area (Å²) in [5.41, 5.74) is 1.50. The van der Waals surface area contributed by atoms with E-state index in [2.05, 4.69) is 22.1 Å². The molecule has 0 aliphatic carbocycles. The highest BCUT2D eigenvalue weighted by molar-refractivity contribution is 7.99. The van der Waals surface area contributed by atoms with E-state index in [1.54, 1.807) is 11.0 Å². The van der Waals surface area contributed by atoms with Gasteiger partial charge in [0, 0.05) is 30.9 Å². The van der Waals surface area contributed by atoms with Gasteiger partial charge in [0.2, 0.25) is 11.8 Å². The SMILES string of the molecule is C=CCn1c(C)nnc1SCC(=O)Nc1cccc(N2CCCC2=O)c1. The summed E-state index contributed by atoms with van der Waals surface area (Å²) < 4.78 is 1.91. The third kappa shape index (κ3) is 4.13. The van der Waals surface area contributed by atoms with Crippen LogP contribution in [0.1, 0.15) is 18.7 Å². The Morgan fingerprint density at radius 1 is 1.42 bits per heavy atom. The van der Waals surface area contributed by atoms with E-state index >= 15 is 0 Å². The molecule has 0 bridgehead atoms. The molecule has 1 aliphatic heterocycles. The Labute approximate surface area is 156 Å². The van der Waals surface area contributed by atoms with E-state index < -0.39 is 0 Å². The van der Waals surface area contributed by atoms with Crippen molar-refractivity contribution in [2.45, 2.75) is 31.5 Å². The van der Waals surface area contributed by atoms with E-state index in [1.807, 2.05) is 35.8 Å². The Morgan fingerprint density at radius 3 is 3.00 bits per heavy atom. The van der Waals surface area contributed by atoms with Gasteiger partial charge in [0.15, 0.2) is 5.16 Å². The molecule has 1 aliphatic rings. The highest BCUT2D eigenvalue weighted by Crippen LogP contribution is 2.24. The van der Waals surface area contributed by atoms with Gasteiger partial charge in [-0.1, -0.05) is 23.9 Å². The van der Waals surface area contributed by atoms with Crippen molar-refractivity contribution in [3.05, 3.63) is 42.7 Å². The summed E-state index contributed by atoms with van der Waals surface area (Å²) in [6, 6.07) is 7.37. The van der Waals surface area contributed by atoms with Gasteiger partial charge in [-0.2, -0.15) is 0 Å². The number of benzene rings is 1. The fourth-order valence-corrected chi connectivity index (χ4v) is 3.60. The number of anilines is 2. The van der Waals surface area contributed by atoms with E-state index in [0.717, 1.165) is 24.5 Å². The van der Waals surface area contributed by atoms with Gasteiger partial charge in [0.1, 0.15) is 5.82 Å². The molecule has 2 heterocycles. The van der Waals surface area contributed by atoms with Gasteiger partial charge in [-0.25, -0.2) is 0 Å². The lowest BCUT2D eigenvalue weighted by molar-refractivity contribution is -0.117. The normalized spacial score (nSPS) is 13.9. The largest absolute Gasteiger partial charge is 0.325 e. The molecule has 136 valence electrons. The Hall–Kier alpha value is -2.61. The number of hydrogen-bond donors (Lipinski definition) is 1. The van der Waals surface area contributed by atoms with Crippen LogP contribution in [-0.2, 0) is 16.1 Å². The maximum atomic E-state index is 12.3. The lowest BCUT2D eigenvalue weighted by Crippen LogP contribution is -2.23. The molecule has 1 N–H and O–H groups in total. The van der Waals surface area contributed by atoms with Crippen LogP contribution in [-0.4, -0.2) is 38.9 Å². The Bertz CT molecular complexity index is 833. The number of nitrogens with one attached hydrogen (secondary N) is 1. The summed E-state index contributed by atoms with van der Waals surface area (Å²) in [6.07, 6.45) is 3.22. The van der Waals surface area contributed by atoms with E-state index in [-0.39, 0.29) is 17.6 Å². The fourth-order valence-electron chi connectivity index (χ4n) is 2.81. The van der Waals surface area contributed by atoms with Crippen molar-refractivity contribution in [2.75, 3.05) is 22.5 Å². The van der Waals surface area contributed by atoms with Crippen molar-refractivity contribution in [3.8, 4) is 0 Å². The van der Waals surface area contributed by atoms with Gasteiger partial charge in [0.25, 0.3) is 0 Å². The lowest BCUT2D eigenvalue weighted by atomic mass is 10.2. The number of carbonyl (C=O) groups is 2. The van der Waals surface area contributed by atoms with Crippen LogP contribution in [0, 0.1) is 6.92 Å². The molecule has 0 saturated carbocycles. The zero-order valence-corrected chi connectivity index (χ0v) is 15.5. The minimum absolute atomic E-state index is 0.126. The first-order valence-corrected chi connectivity index (χ1v) is 9.41. The second kappa shape index (κ2) is 8.18. The molecular weight excluding hydrogens is 350 g/mol. The molecule has 2 amide bonds. The Morgan fingerprint density at radius 2 is 2.27 bits per heavy atom. The van der Waals surface area contributed by atoms with Gasteiger partial charge >= 0.3 is 0 Å². The van der Waals surface area contributed by atoms with Gasteiger partial charge in [-0.05, 0) is 31.5 Å². The van der Waals surface area contributed by atoms with Crippen LogP contribution in [0.4, 0.5) is 11.4 Å². The molecule has 0 unspecified atom stereocenters. The average molecular weight is 371 g/mol. The van der Waals surface area contributed by atoms with Crippen LogP contribution in [0.5, 0.6) is 0 Å². The third-order valence-electron chi connectivity index (χ3n) is 4.06. The molecule has 3 rings (SSSR count). The number of amides is 2. The summed E-state index contributed by atoms with van der Waals surface area (Å²) in [4.78, 5) is 25.9. The zero-order chi connectivity index (χ0) is 18.5. The second-order valence-corrected chi connectivity index (χ2v) is 6.91. The summed E-state index contributed by atoms with van der Waals surface area (Å²) in [5.74, 6) is 1.00. The van der Waals surface area contributed by atoms with Gasteiger partial charge in [0.05, 0.1) is 5.75 Å². The van der Waals surface area contributed by atoms with Crippen molar-refractivity contribution >= 4 is 35.0 Å². The molecule has 0 radical (unpaired) electrons. The Balaban J connectivity index is 1.60. The maximum absolute atomic E-state index is 12.3. The predicted molar refractivity (Wildman–Crippen MR) is 102 cm³/mol. The highest BCUT2D eigenvalue weighted by atomic mass is 32.2. The first kappa shape index (κ1) is 18.2. The molecule has 26 heavy (non-hydrogen) atoms. The molecule has 2 aromatic rings. The van der Waals surface area contributed by atoms with Crippen LogP contribution in [0.25, 0.3) is 0 Å². The van der Waals surface area contributed by atoms with E-state index in [1.165, 1.54) is 11.8 Å². The second-order valence-electron chi connectivity index (χ2n) is 5.97. The van der Waals surface area contributed by atoms with Gasteiger partial charge in [-0.3, -0.25) is 9.59 Å². The summed E-state index contributed by atoms with van der Waals surface area (Å²) in [6.45, 7) is 6.92. The molecule has 1 fully saturated rings. The minimum Gasteiger partial charge on any atom is -0.325 e. The van der Waals surface area contributed by atoms with Crippen LogP contribution in [0.15, 0.2) is 42.1 Å². The standard InChI is InChI=1S/C18H21N5O2S/c1-3-9-22-13(2)20-21-18(22)26-12-16(24)19-14-6-4-7-15(11-14)23-10-5-8-17(23)25/h3-4,6-7,11H,1,5,8-10,12H2,2H3,(H,19,24). The number of carbonyl (C=O) groups excluding carboxylic acids is 2. The van der Waals surface area contributed by atoms with Crippen molar-refractivity contribution in [1.82, 2.24) is 14.8 Å². The van der Waals surface area contributed by atoms with Crippen LogP contribution < -0.4 is 10.2 Å². The molecule has 1 saturated heterocycles. The molecule has 8 heteroatoms. The number of nitrogens with zero attached hydrogens (tertiary/aromatic N) is 4. The molecule has 1 aromatic carbocycles. The molecule has 1 aromatic heterocycles. The van der Waals surface area contributed by atoms with Crippen molar-refractivity contribution < 1.29 is 9.59 Å². The maximum Gasteiger partial charge on any atom is 0.234 e. The summed E-state index contributed by atoms with van der Waals surface area (Å²) >= 11 is 1.33. The summed E-state index contributed by atoms with van der Waals surface area (Å²) in [5, 5.41) is 11.7. The molecule has 0 atom stereocenters. The first-order valence-electron chi connectivity index (χ1n) is 8.42. The van der Waals surface area contributed by atoms with Crippen LogP contribution in [0.2, 0.25) is 0 Å². The van der Waals surface area contributed by atoms with Crippen molar-refractivity contribution in [3.63, 3.8) is 0 Å². The lowest BCUT2D eigenvalue weighted by Gasteiger charge is -2.16. The fraction of sp³-hybridized carbons (Fsp3) is 0.333. The number of thioether (sulfide) groups is 1. The van der Waals surface area contributed by atoms with Crippen molar-refractivity contribution in [1.29, 1.82) is 0 Å². The Kier molecular flexibility index (Phi) is 5.72. The first-order chi connectivity index (χ1) is 12.6. The quantitative estimate of drug-likeness (QED) is 0.598. The van der Waals surface area contributed by atoms with Crippen molar-refractivity contribution in [2.24, 2.45) is 0 Å². The average Bonchev–Trinajstić information content (AvgIpc) is 3.20. The molecular formula is C18H21N5O2S. The monoisotopic (exact) mass is 371 g/mol. The number of aryl methyl sites for hydroxylation is 1. The van der Waals surface area contributed by atoms with Crippen LogP contribution in [0.3, 0.4) is 0 Å². The van der Waals surface area contributed by atoms with Gasteiger partial charge < -0.3 is 14.8 Å².